The van der Waals surface area contributed by atoms with Gasteiger partial charge in [0.05, 0.1) is 20.3 Å². The third-order valence-corrected chi connectivity index (χ3v) is 9.37. The van der Waals surface area contributed by atoms with Gasteiger partial charge in [-0.1, -0.05) is 33.1 Å². The monoisotopic (exact) mass is 495 g/mol. The van der Waals surface area contributed by atoms with Gasteiger partial charge in [0, 0.05) is 43.8 Å². The van der Waals surface area contributed by atoms with Crippen molar-refractivity contribution in [3.63, 3.8) is 0 Å². The number of methoxy groups -OCH3 is 1. The molecule has 0 aliphatic carbocycles. The SMILES string of the molecule is CCC(CC)C(CNC(=O)c1ccc(OC)c(S(=O)(=O)N2CCCCC2C)c1)N1CCOCC1. The summed E-state index contributed by atoms with van der Waals surface area (Å²) in [5.41, 5.74) is 0.328. The summed E-state index contributed by atoms with van der Waals surface area (Å²) in [6.07, 6.45) is 4.76. The fourth-order valence-electron chi connectivity index (χ4n) is 5.21. The Balaban J connectivity index is 1.80. The molecule has 1 amide bonds. The van der Waals surface area contributed by atoms with Gasteiger partial charge in [0.25, 0.3) is 5.91 Å². The average molecular weight is 496 g/mol. The van der Waals surface area contributed by atoms with Crippen LogP contribution in [0.1, 0.15) is 63.2 Å². The Labute approximate surface area is 205 Å². The molecule has 9 heteroatoms. The van der Waals surface area contributed by atoms with Gasteiger partial charge >= 0.3 is 0 Å². The predicted octanol–water partition coefficient (Wildman–Crippen LogP) is 3.13. The number of morpholine rings is 1. The lowest BCUT2D eigenvalue weighted by Crippen LogP contribution is -2.52. The number of amides is 1. The molecular formula is C25H41N3O5S. The van der Waals surface area contributed by atoms with Crippen LogP contribution in [0, 0.1) is 5.92 Å². The van der Waals surface area contributed by atoms with E-state index in [2.05, 4.69) is 24.1 Å². The molecule has 2 atom stereocenters. The Kier molecular flexibility index (Phi) is 9.76. The van der Waals surface area contributed by atoms with Gasteiger partial charge in [-0.05, 0) is 43.9 Å². The molecule has 2 saturated heterocycles. The third-order valence-electron chi connectivity index (χ3n) is 7.33. The Morgan fingerprint density at radius 2 is 1.88 bits per heavy atom. The van der Waals surface area contributed by atoms with E-state index in [1.807, 2.05) is 6.92 Å². The van der Waals surface area contributed by atoms with Crippen LogP contribution < -0.4 is 10.1 Å². The minimum Gasteiger partial charge on any atom is -0.495 e. The molecule has 0 saturated carbocycles. The Hall–Kier alpha value is -1.68. The van der Waals surface area contributed by atoms with Gasteiger partial charge in [0.1, 0.15) is 10.6 Å². The van der Waals surface area contributed by atoms with Crippen molar-refractivity contribution in [1.82, 2.24) is 14.5 Å². The van der Waals surface area contributed by atoms with E-state index < -0.39 is 10.0 Å². The summed E-state index contributed by atoms with van der Waals surface area (Å²) in [6, 6.07) is 4.82. The average Bonchev–Trinajstić information content (AvgIpc) is 2.86. The molecule has 34 heavy (non-hydrogen) atoms. The van der Waals surface area contributed by atoms with E-state index in [1.54, 1.807) is 12.1 Å². The maximum atomic E-state index is 13.5. The minimum atomic E-state index is -3.77. The Morgan fingerprint density at radius 1 is 1.18 bits per heavy atom. The number of hydrogen-bond acceptors (Lipinski definition) is 6. The van der Waals surface area contributed by atoms with Gasteiger partial charge in [-0.3, -0.25) is 9.69 Å². The summed E-state index contributed by atoms with van der Waals surface area (Å²) in [4.78, 5) is 15.6. The fraction of sp³-hybridized carbons (Fsp3) is 0.720. The molecule has 2 heterocycles. The van der Waals surface area contributed by atoms with Gasteiger partial charge in [0.2, 0.25) is 10.0 Å². The van der Waals surface area contributed by atoms with E-state index in [0.717, 1.165) is 45.2 Å². The lowest BCUT2D eigenvalue weighted by molar-refractivity contribution is 0.00191. The number of piperidine rings is 1. The van der Waals surface area contributed by atoms with Gasteiger partial charge in [-0.25, -0.2) is 8.42 Å². The quantitative estimate of drug-likeness (QED) is 0.537. The smallest absolute Gasteiger partial charge is 0.251 e. The maximum Gasteiger partial charge on any atom is 0.251 e. The molecule has 0 spiro atoms. The second-order valence-electron chi connectivity index (χ2n) is 9.33. The second kappa shape index (κ2) is 12.3. The number of nitrogens with zero attached hydrogens (tertiary/aromatic N) is 2. The highest BCUT2D eigenvalue weighted by Crippen LogP contribution is 2.31. The van der Waals surface area contributed by atoms with Crippen LogP contribution in [0.5, 0.6) is 5.75 Å². The molecular weight excluding hydrogens is 454 g/mol. The van der Waals surface area contributed by atoms with Crippen molar-refractivity contribution < 1.29 is 22.7 Å². The van der Waals surface area contributed by atoms with Gasteiger partial charge < -0.3 is 14.8 Å². The molecule has 0 bridgehead atoms. The van der Waals surface area contributed by atoms with E-state index in [4.69, 9.17) is 9.47 Å². The highest BCUT2D eigenvalue weighted by atomic mass is 32.2. The zero-order chi connectivity index (χ0) is 24.7. The molecule has 0 aromatic heterocycles. The van der Waals surface area contributed by atoms with Crippen LogP contribution in [0.25, 0.3) is 0 Å². The number of carbonyl (C=O) groups excluding carboxylic acids is 1. The maximum absolute atomic E-state index is 13.5. The predicted molar refractivity (Wildman–Crippen MR) is 133 cm³/mol. The van der Waals surface area contributed by atoms with Crippen molar-refractivity contribution in [3.05, 3.63) is 23.8 Å². The minimum absolute atomic E-state index is 0.0566. The zero-order valence-corrected chi connectivity index (χ0v) is 21.9. The van der Waals surface area contributed by atoms with Crippen LogP contribution in [0.2, 0.25) is 0 Å². The molecule has 2 unspecified atom stereocenters. The standard InChI is InChI=1S/C25H41N3O5S/c1-5-20(6-2)22(27-13-15-33-16-14-27)18-26-25(29)21-10-11-23(32-4)24(17-21)34(30,31)28-12-8-7-9-19(28)3/h10-11,17,19-20,22H,5-9,12-16,18H2,1-4H3,(H,26,29). The first-order valence-electron chi connectivity index (χ1n) is 12.6. The summed E-state index contributed by atoms with van der Waals surface area (Å²) in [5.74, 6) is 0.457. The van der Waals surface area contributed by atoms with Crippen LogP contribution >= 0.6 is 0 Å². The van der Waals surface area contributed by atoms with Crippen molar-refractivity contribution in [2.45, 2.75) is 69.9 Å². The van der Waals surface area contributed by atoms with Gasteiger partial charge in [0.15, 0.2) is 0 Å². The first-order chi connectivity index (χ1) is 16.3. The number of hydrogen-bond donors (Lipinski definition) is 1. The molecule has 2 fully saturated rings. The molecule has 8 nitrogen and oxygen atoms in total. The molecule has 1 aromatic rings. The summed E-state index contributed by atoms with van der Waals surface area (Å²) < 4.78 is 39.4. The van der Waals surface area contributed by atoms with Crippen molar-refractivity contribution in [3.8, 4) is 5.75 Å². The number of sulfonamides is 1. The van der Waals surface area contributed by atoms with Crippen LogP contribution in [0.3, 0.4) is 0 Å². The normalized spacial score (nSPS) is 21.4. The molecule has 2 aliphatic heterocycles. The van der Waals surface area contributed by atoms with Crippen LogP contribution in [0.15, 0.2) is 23.1 Å². The van der Waals surface area contributed by atoms with E-state index in [9.17, 15) is 13.2 Å². The molecule has 3 rings (SSSR count). The molecule has 1 N–H and O–H groups in total. The van der Waals surface area contributed by atoms with Crippen molar-refractivity contribution in [1.29, 1.82) is 0 Å². The topological polar surface area (TPSA) is 88.2 Å². The molecule has 0 radical (unpaired) electrons. The largest absolute Gasteiger partial charge is 0.495 e. The summed E-state index contributed by atoms with van der Waals surface area (Å²) >= 11 is 0. The Morgan fingerprint density at radius 3 is 2.50 bits per heavy atom. The lowest BCUT2D eigenvalue weighted by atomic mass is 9.92. The Bertz CT molecular complexity index is 913. The highest BCUT2D eigenvalue weighted by molar-refractivity contribution is 7.89. The van der Waals surface area contributed by atoms with Gasteiger partial charge in [-0.15, -0.1) is 0 Å². The van der Waals surface area contributed by atoms with E-state index >= 15 is 0 Å². The second-order valence-corrected chi connectivity index (χ2v) is 11.2. The first kappa shape index (κ1) is 26.9. The van der Waals surface area contributed by atoms with Crippen LogP contribution in [-0.2, 0) is 14.8 Å². The third kappa shape index (κ3) is 6.11. The van der Waals surface area contributed by atoms with Crippen LogP contribution in [0.4, 0.5) is 0 Å². The number of rotatable bonds is 10. The lowest BCUT2D eigenvalue weighted by Gasteiger charge is -2.38. The molecule has 192 valence electrons. The van der Waals surface area contributed by atoms with Crippen LogP contribution in [-0.4, -0.2) is 82.1 Å². The van der Waals surface area contributed by atoms with E-state index in [1.165, 1.54) is 17.5 Å². The van der Waals surface area contributed by atoms with Crippen molar-refractivity contribution in [2.75, 3.05) is 46.5 Å². The number of nitrogens with one attached hydrogen (secondary N) is 1. The van der Waals surface area contributed by atoms with Crippen molar-refractivity contribution in [2.24, 2.45) is 5.92 Å². The fourth-order valence-corrected chi connectivity index (χ4v) is 7.09. The van der Waals surface area contributed by atoms with E-state index in [-0.39, 0.29) is 28.6 Å². The molecule has 2 aliphatic rings. The van der Waals surface area contributed by atoms with Crippen molar-refractivity contribution >= 4 is 15.9 Å². The number of benzene rings is 1. The molecule has 1 aromatic carbocycles. The zero-order valence-electron chi connectivity index (χ0n) is 21.1. The number of carbonyl (C=O) groups is 1. The highest BCUT2D eigenvalue weighted by Gasteiger charge is 2.34. The number of ether oxygens (including phenoxy) is 2. The van der Waals surface area contributed by atoms with E-state index in [0.29, 0.717) is 37.8 Å². The summed E-state index contributed by atoms with van der Waals surface area (Å²) in [6.45, 7) is 10.4. The first-order valence-corrected chi connectivity index (χ1v) is 14.1. The summed E-state index contributed by atoms with van der Waals surface area (Å²) in [5, 5.41) is 3.08. The van der Waals surface area contributed by atoms with Gasteiger partial charge in [-0.2, -0.15) is 4.31 Å². The summed E-state index contributed by atoms with van der Waals surface area (Å²) in [7, 11) is -2.32.